The number of nitrogens with zero attached hydrogens (tertiary/aromatic N) is 4. The third kappa shape index (κ3) is 4.78. The van der Waals surface area contributed by atoms with Crippen molar-refractivity contribution in [2.45, 2.75) is 18.5 Å². The van der Waals surface area contributed by atoms with E-state index in [9.17, 15) is 4.79 Å². The molecule has 9 heteroatoms. The quantitative estimate of drug-likeness (QED) is 0.351. The molecule has 4 aromatic rings. The average Bonchev–Trinajstić information content (AvgIpc) is 3.53. The Bertz CT molecular complexity index is 1340. The monoisotopic (exact) mass is 498 g/mol. The maximum absolute atomic E-state index is 12.9. The minimum Gasteiger partial charge on any atom is -0.495 e. The Kier molecular flexibility index (Phi) is 6.90. The molecule has 0 unspecified atom stereocenters. The highest BCUT2D eigenvalue weighted by Gasteiger charge is 2.41. The molecule has 1 amide bonds. The Hall–Kier alpha value is -4.24. The number of amides is 1. The zero-order valence-electron chi connectivity index (χ0n) is 19.7. The number of hydrogen-bond donors (Lipinski definition) is 2. The summed E-state index contributed by atoms with van der Waals surface area (Å²) in [6.07, 6.45) is 5.78. The highest BCUT2D eigenvalue weighted by molar-refractivity contribution is 7.80. The van der Waals surface area contributed by atoms with Gasteiger partial charge in [-0.25, -0.2) is 4.98 Å². The van der Waals surface area contributed by atoms with Crippen LogP contribution in [-0.4, -0.2) is 44.1 Å². The van der Waals surface area contributed by atoms with Gasteiger partial charge >= 0.3 is 0 Å². The fourth-order valence-corrected chi connectivity index (χ4v) is 4.82. The number of thiocarbonyl (C=S) groups is 1. The normalized spacial score (nSPS) is 17.0. The molecule has 0 spiro atoms. The Morgan fingerprint density at radius 1 is 1.03 bits per heavy atom. The average molecular weight is 499 g/mol. The molecule has 1 aromatic carbocycles. The lowest BCUT2D eigenvalue weighted by atomic mass is 10.0. The van der Waals surface area contributed by atoms with Crippen LogP contribution in [0.25, 0.3) is 5.82 Å². The molecule has 3 aromatic heterocycles. The van der Waals surface area contributed by atoms with Crippen LogP contribution in [0.4, 0.5) is 5.69 Å². The van der Waals surface area contributed by atoms with E-state index in [0.717, 1.165) is 17.2 Å². The number of nitrogens with one attached hydrogen (secondary N) is 2. The summed E-state index contributed by atoms with van der Waals surface area (Å²) < 4.78 is 7.41. The van der Waals surface area contributed by atoms with Gasteiger partial charge in [-0.15, -0.1) is 0 Å². The zero-order chi connectivity index (χ0) is 24.9. The van der Waals surface area contributed by atoms with Gasteiger partial charge in [-0.2, -0.15) is 0 Å². The summed E-state index contributed by atoms with van der Waals surface area (Å²) in [6.45, 7) is 0.425. The second-order valence-corrected chi connectivity index (χ2v) is 8.70. The van der Waals surface area contributed by atoms with Gasteiger partial charge in [-0.3, -0.25) is 9.78 Å². The number of carbonyl (C=O) groups excluding carboxylic acids is 1. The minimum atomic E-state index is -0.191. The molecule has 0 aliphatic carbocycles. The fourth-order valence-electron chi connectivity index (χ4n) is 4.49. The zero-order valence-corrected chi connectivity index (χ0v) is 20.6. The number of para-hydroxylation sites is 2. The smallest absolute Gasteiger partial charge is 0.226 e. The second kappa shape index (κ2) is 10.6. The van der Waals surface area contributed by atoms with Gasteiger partial charge in [0, 0.05) is 37.3 Å². The lowest BCUT2D eigenvalue weighted by Crippen LogP contribution is -2.33. The predicted molar refractivity (Wildman–Crippen MR) is 142 cm³/mol. The van der Waals surface area contributed by atoms with Crippen molar-refractivity contribution in [2.75, 3.05) is 19.0 Å². The Labute approximate surface area is 215 Å². The fraction of sp³-hybridized carbons (Fsp3) is 0.185. The largest absolute Gasteiger partial charge is 0.495 e. The van der Waals surface area contributed by atoms with Gasteiger partial charge in [0.25, 0.3) is 0 Å². The van der Waals surface area contributed by atoms with Gasteiger partial charge in [-0.05, 0) is 60.7 Å². The van der Waals surface area contributed by atoms with Crippen LogP contribution in [0.3, 0.4) is 0 Å². The van der Waals surface area contributed by atoms with Crippen molar-refractivity contribution in [3.05, 3.63) is 103 Å². The first-order valence-corrected chi connectivity index (χ1v) is 12.1. The molecule has 0 radical (unpaired) electrons. The number of pyridine rings is 2. The molecule has 0 saturated carbocycles. The second-order valence-electron chi connectivity index (χ2n) is 8.31. The van der Waals surface area contributed by atoms with Crippen molar-refractivity contribution in [1.82, 2.24) is 24.8 Å². The molecule has 36 heavy (non-hydrogen) atoms. The lowest BCUT2D eigenvalue weighted by molar-refractivity contribution is -0.116. The van der Waals surface area contributed by atoms with Crippen molar-refractivity contribution in [3.8, 4) is 11.6 Å². The van der Waals surface area contributed by atoms with Crippen molar-refractivity contribution in [3.63, 3.8) is 0 Å². The first kappa shape index (κ1) is 23.5. The van der Waals surface area contributed by atoms with E-state index in [1.54, 1.807) is 19.5 Å². The highest BCUT2D eigenvalue weighted by atomic mass is 32.1. The molecule has 1 aliphatic heterocycles. The number of methoxy groups -OCH3 is 1. The van der Waals surface area contributed by atoms with Crippen LogP contribution >= 0.6 is 12.2 Å². The summed E-state index contributed by atoms with van der Waals surface area (Å²) in [6, 6.07) is 22.7. The van der Waals surface area contributed by atoms with Crippen molar-refractivity contribution < 1.29 is 9.53 Å². The van der Waals surface area contributed by atoms with Crippen LogP contribution in [-0.2, 0) is 4.79 Å². The molecule has 1 aliphatic rings. The summed E-state index contributed by atoms with van der Waals surface area (Å²) in [5, 5.41) is 6.96. The van der Waals surface area contributed by atoms with Crippen molar-refractivity contribution in [2.24, 2.45) is 0 Å². The van der Waals surface area contributed by atoms with Crippen molar-refractivity contribution in [1.29, 1.82) is 0 Å². The maximum Gasteiger partial charge on any atom is 0.226 e. The van der Waals surface area contributed by atoms with Gasteiger partial charge in [-0.1, -0.05) is 24.3 Å². The lowest BCUT2D eigenvalue weighted by Gasteiger charge is -2.28. The number of hydrogen-bond acceptors (Lipinski definition) is 5. The number of ether oxygens (including phenoxy) is 1. The number of anilines is 1. The van der Waals surface area contributed by atoms with E-state index in [2.05, 4.69) is 36.1 Å². The highest BCUT2D eigenvalue weighted by Crippen LogP contribution is 2.39. The van der Waals surface area contributed by atoms with Gasteiger partial charge in [0.15, 0.2) is 5.11 Å². The number of benzene rings is 1. The third-order valence-corrected chi connectivity index (χ3v) is 6.49. The first-order valence-electron chi connectivity index (χ1n) is 11.7. The first-order chi connectivity index (χ1) is 17.7. The van der Waals surface area contributed by atoms with Gasteiger partial charge in [0.1, 0.15) is 11.6 Å². The summed E-state index contributed by atoms with van der Waals surface area (Å²) in [5.74, 6) is 1.30. The van der Waals surface area contributed by atoms with Gasteiger partial charge in [0.05, 0.1) is 30.6 Å². The van der Waals surface area contributed by atoms with Crippen molar-refractivity contribution >= 4 is 28.9 Å². The molecule has 182 valence electrons. The molecule has 0 bridgehead atoms. The molecule has 1 saturated heterocycles. The van der Waals surface area contributed by atoms with E-state index < -0.39 is 0 Å². The topological polar surface area (TPSA) is 84.3 Å². The Morgan fingerprint density at radius 3 is 2.56 bits per heavy atom. The van der Waals surface area contributed by atoms with Crippen LogP contribution < -0.4 is 15.4 Å². The molecule has 4 heterocycles. The van der Waals surface area contributed by atoms with E-state index in [0.29, 0.717) is 23.1 Å². The van der Waals surface area contributed by atoms with Crippen LogP contribution in [0.2, 0.25) is 0 Å². The summed E-state index contributed by atoms with van der Waals surface area (Å²) in [4.78, 5) is 24.1. The van der Waals surface area contributed by atoms with E-state index >= 15 is 0 Å². The number of aromatic nitrogens is 3. The molecular formula is C27H26N6O2S. The number of carbonyl (C=O) groups is 1. The molecule has 1 fully saturated rings. The van der Waals surface area contributed by atoms with E-state index in [1.165, 1.54) is 0 Å². The van der Waals surface area contributed by atoms with Crippen LogP contribution in [0.1, 0.15) is 29.9 Å². The minimum absolute atomic E-state index is 0.123. The summed E-state index contributed by atoms with van der Waals surface area (Å²) in [7, 11) is 1.58. The maximum atomic E-state index is 12.9. The van der Waals surface area contributed by atoms with E-state index in [1.807, 2.05) is 72.9 Å². The molecule has 2 atom stereocenters. The SMILES string of the molecule is COc1ccccc1NC(=O)CCN1C(=S)N[C@H](c2ccccn2)[C@@H]1c1cccn1-c1ccccn1. The standard InChI is InChI=1S/C27H26N6O2S/c1-35-22-12-3-2-9-19(22)30-24(34)14-18-33-26(25(31-27(33)36)20-10-4-6-15-28-20)21-11-8-17-32(21)23-13-5-7-16-29-23/h2-13,15-17,25-26H,14,18H2,1H3,(H,30,34)(H,31,36)/t25-,26+/m1/s1. The number of rotatable bonds is 8. The predicted octanol–water partition coefficient (Wildman–Crippen LogP) is 4.28. The van der Waals surface area contributed by atoms with E-state index in [-0.39, 0.29) is 24.4 Å². The summed E-state index contributed by atoms with van der Waals surface area (Å²) in [5.41, 5.74) is 2.51. The molecular weight excluding hydrogens is 472 g/mol. The molecule has 8 nitrogen and oxygen atoms in total. The third-order valence-electron chi connectivity index (χ3n) is 6.14. The van der Waals surface area contributed by atoms with Gasteiger partial charge in [0.2, 0.25) is 5.91 Å². The Balaban J connectivity index is 1.43. The molecule has 2 N–H and O–H groups in total. The summed E-state index contributed by atoms with van der Waals surface area (Å²) >= 11 is 5.76. The van der Waals surface area contributed by atoms with Crippen LogP contribution in [0, 0.1) is 0 Å². The Morgan fingerprint density at radius 2 is 1.81 bits per heavy atom. The van der Waals surface area contributed by atoms with E-state index in [4.69, 9.17) is 17.0 Å². The van der Waals surface area contributed by atoms with Crippen LogP contribution in [0.5, 0.6) is 5.75 Å². The molecule has 5 rings (SSSR count). The van der Waals surface area contributed by atoms with Crippen LogP contribution in [0.15, 0.2) is 91.4 Å². The van der Waals surface area contributed by atoms with Gasteiger partial charge < -0.3 is 24.8 Å².